The SMILES string of the molecule is Cc1ccc([C@@](O)(CCNC(=O)N[C@@H](C)c2cc3ccccc3o2)C(F)(F)F)o1. The quantitative estimate of drug-likeness (QED) is 0.557. The van der Waals surface area contributed by atoms with E-state index >= 15 is 0 Å². The third kappa shape index (κ3) is 4.40. The van der Waals surface area contributed by atoms with Crippen LogP contribution in [0, 0.1) is 6.92 Å². The number of aliphatic hydroxyl groups is 1. The molecule has 0 unspecified atom stereocenters. The van der Waals surface area contributed by atoms with Crippen molar-refractivity contribution in [2.45, 2.75) is 38.1 Å². The first-order chi connectivity index (χ1) is 13.6. The summed E-state index contributed by atoms with van der Waals surface area (Å²) in [6, 6.07) is 10.3. The lowest BCUT2D eigenvalue weighted by Crippen LogP contribution is -2.46. The molecule has 3 aromatic rings. The largest absolute Gasteiger partial charge is 0.463 e. The molecule has 9 heteroatoms. The Hall–Kier alpha value is -2.94. The highest BCUT2D eigenvalue weighted by Crippen LogP contribution is 2.42. The molecule has 2 heterocycles. The molecule has 3 N–H and O–H groups in total. The molecule has 0 bridgehead atoms. The zero-order valence-electron chi connectivity index (χ0n) is 15.8. The van der Waals surface area contributed by atoms with E-state index in [0.717, 1.165) is 11.5 Å². The summed E-state index contributed by atoms with van der Waals surface area (Å²) in [5.74, 6) is 0.146. The van der Waals surface area contributed by atoms with Gasteiger partial charge in [-0.05, 0) is 38.1 Å². The molecule has 0 aliphatic rings. The van der Waals surface area contributed by atoms with E-state index in [9.17, 15) is 23.1 Å². The van der Waals surface area contributed by atoms with Crippen LogP contribution in [0.25, 0.3) is 11.0 Å². The summed E-state index contributed by atoms with van der Waals surface area (Å²) in [7, 11) is 0. The zero-order chi connectivity index (χ0) is 21.2. The van der Waals surface area contributed by atoms with Crippen molar-refractivity contribution in [3.8, 4) is 0 Å². The van der Waals surface area contributed by atoms with Gasteiger partial charge in [-0.3, -0.25) is 0 Å². The predicted octanol–water partition coefficient (Wildman–Crippen LogP) is 4.53. The van der Waals surface area contributed by atoms with E-state index in [-0.39, 0.29) is 5.76 Å². The third-order valence-electron chi connectivity index (χ3n) is 4.61. The number of hydrogen-bond donors (Lipinski definition) is 3. The molecule has 156 valence electrons. The Morgan fingerprint density at radius 2 is 1.90 bits per heavy atom. The maximum absolute atomic E-state index is 13.4. The molecular weight excluding hydrogens is 389 g/mol. The van der Waals surface area contributed by atoms with Crippen LogP contribution in [0.3, 0.4) is 0 Å². The molecule has 0 aliphatic heterocycles. The van der Waals surface area contributed by atoms with Crippen LogP contribution in [-0.2, 0) is 5.60 Å². The van der Waals surface area contributed by atoms with Gasteiger partial charge in [0.2, 0.25) is 5.60 Å². The van der Waals surface area contributed by atoms with Gasteiger partial charge in [0.1, 0.15) is 22.9 Å². The van der Waals surface area contributed by atoms with Crippen LogP contribution in [0.1, 0.15) is 36.7 Å². The van der Waals surface area contributed by atoms with Crippen molar-refractivity contribution in [2.75, 3.05) is 6.54 Å². The van der Waals surface area contributed by atoms with Crippen LogP contribution in [0.2, 0.25) is 0 Å². The van der Waals surface area contributed by atoms with Gasteiger partial charge in [-0.1, -0.05) is 18.2 Å². The number of fused-ring (bicyclic) bond motifs is 1. The molecule has 0 fully saturated rings. The Morgan fingerprint density at radius 3 is 2.52 bits per heavy atom. The number of aryl methyl sites for hydroxylation is 1. The Bertz CT molecular complexity index is 962. The minimum Gasteiger partial charge on any atom is -0.463 e. The highest BCUT2D eigenvalue weighted by atomic mass is 19.4. The average molecular weight is 410 g/mol. The van der Waals surface area contributed by atoms with E-state index in [4.69, 9.17) is 8.83 Å². The minimum absolute atomic E-state index is 0.244. The van der Waals surface area contributed by atoms with Gasteiger partial charge < -0.3 is 24.6 Å². The second-order valence-electron chi connectivity index (χ2n) is 6.83. The molecule has 2 aromatic heterocycles. The van der Waals surface area contributed by atoms with Crippen LogP contribution in [0.15, 0.2) is 51.3 Å². The summed E-state index contributed by atoms with van der Waals surface area (Å²) < 4.78 is 50.8. The number of amides is 2. The molecule has 0 radical (unpaired) electrons. The fourth-order valence-corrected chi connectivity index (χ4v) is 2.95. The normalized spacial score (nSPS) is 15.1. The highest BCUT2D eigenvalue weighted by Gasteiger charge is 2.56. The van der Waals surface area contributed by atoms with E-state index in [2.05, 4.69) is 10.6 Å². The molecule has 3 rings (SSSR count). The summed E-state index contributed by atoms with van der Waals surface area (Å²) in [5.41, 5.74) is -2.53. The van der Waals surface area contributed by atoms with Gasteiger partial charge in [0.15, 0.2) is 0 Å². The van der Waals surface area contributed by atoms with Gasteiger partial charge in [-0.2, -0.15) is 13.2 Å². The van der Waals surface area contributed by atoms with Gasteiger partial charge in [0, 0.05) is 18.4 Å². The number of alkyl halides is 3. The van der Waals surface area contributed by atoms with Crippen molar-refractivity contribution < 1.29 is 31.9 Å². The number of furan rings is 2. The van der Waals surface area contributed by atoms with Gasteiger partial charge in [0.25, 0.3) is 0 Å². The molecule has 2 atom stereocenters. The average Bonchev–Trinajstić information content (AvgIpc) is 3.26. The van der Waals surface area contributed by atoms with E-state index < -0.39 is 42.6 Å². The number of carbonyl (C=O) groups excluding carboxylic acids is 1. The molecule has 1 aromatic carbocycles. The molecule has 0 saturated carbocycles. The first-order valence-corrected chi connectivity index (χ1v) is 8.99. The third-order valence-corrected chi connectivity index (χ3v) is 4.61. The summed E-state index contributed by atoms with van der Waals surface area (Å²) in [4.78, 5) is 12.1. The molecule has 0 aliphatic carbocycles. The molecule has 0 spiro atoms. The summed E-state index contributed by atoms with van der Waals surface area (Å²) >= 11 is 0. The monoisotopic (exact) mass is 410 g/mol. The van der Waals surface area contributed by atoms with Crippen LogP contribution in [0.5, 0.6) is 0 Å². The van der Waals surface area contributed by atoms with Gasteiger partial charge in [0.05, 0.1) is 6.04 Å². The maximum Gasteiger partial charge on any atom is 0.424 e. The predicted molar refractivity (Wildman–Crippen MR) is 99.2 cm³/mol. The van der Waals surface area contributed by atoms with E-state index in [1.54, 1.807) is 19.1 Å². The second-order valence-corrected chi connectivity index (χ2v) is 6.83. The Balaban J connectivity index is 1.59. The van der Waals surface area contributed by atoms with Gasteiger partial charge in [-0.15, -0.1) is 0 Å². The first kappa shape index (κ1) is 20.8. The smallest absolute Gasteiger partial charge is 0.424 e. The maximum atomic E-state index is 13.4. The van der Waals surface area contributed by atoms with Crippen molar-refractivity contribution in [3.63, 3.8) is 0 Å². The molecule has 6 nitrogen and oxygen atoms in total. The lowest BCUT2D eigenvalue weighted by Gasteiger charge is -2.28. The van der Waals surface area contributed by atoms with Crippen molar-refractivity contribution in [1.82, 2.24) is 10.6 Å². The van der Waals surface area contributed by atoms with Gasteiger partial charge >= 0.3 is 12.2 Å². The van der Waals surface area contributed by atoms with Gasteiger partial charge in [-0.25, -0.2) is 4.79 Å². The zero-order valence-corrected chi connectivity index (χ0v) is 15.8. The lowest BCUT2D eigenvalue weighted by atomic mass is 9.96. The van der Waals surface area contributed by atoms with Crippen molar-refractivity contribution >= 4 is 17.0 Å². The van der Waals surface area contributed by atoms with Crippen LogP contribution >= 0.6 is 0 Å². The van der Waals surface area contributed by atoms with E-state index in [1.165, 1.54) is 13.0 Å². The Morgan fingerprint density at radius 1 is 1.17 bits per heavy atom. The summed E-state index contributed by atoms with van der Waals surface area (Å²) in [5, 5.41) is 16.0. The lowest BCUT2D eigenvalue weighted by molar-refractivity contribution is -0.274. The number of nitrogens with one attached hydrogen (secondary N) is 2. The topological polar surface area (TPSA) is 87.6 Å². The number of rotatable bonds is 6. The highest BCUT2D eigenvalue weighted by molar-refractivity contribution is 5.78. The van der Waals surface area contributed by atoms with Crippen LogP contribution in [0.4, 0.5) is 18.0 Å². The number of urea groups is 1. The van der Waals surface area contributed by atoms with Crippen molar-refractivity contribution in [1.29, 1.82) is 0 Å². The number of benzene rings is 1. The number of hydrogen-bond acceptors (Lipinski definition) is 4. The summed E-state index contributed by atoms with van der Waals surface area (Å²) in [6.07, 6.45) is -5.76. The first-order valence-electron chi connectivity index (χ1n) is 8.99. The van der Waals surface area contributed by atoms with E-state index in [1.807, 2.05) is 18.2 Å². The van der Waals surface area contributed by atoms with E-state index in [0.29, 0.717) is 11.3 Å². The fourth-order valence-electron chi connectivity index (χ4n) is 2.95. The molecule has 2 amide bonds. The second kappa shape index (κ2) is 7.82. The Labute approximate surface area is 164 Å². The molecular formula is C20H21F3N2O4. The summed E-state index contributed by atoms with van der Waals surface area (Å²) in [6.45, 7) is 2.74. The minimum atomic E-state index is -4.96. The number of para-hydroxylation sites is 1. The molecule has 29 heavy (non-hydrogen) atoms. The standard InChI is InChI=1S/C20H21F3N2O4/c1-12-7-8-17(28-12)19(27,20(21,22)23)9-10-24-18(26)25-13(2)16-11-14-5-3-4-6-15(14)29-16/h3-8,11,13,27H,9-10H2,1-2H3,(H2,24,25,26)/t13-,19-/m0/s1. The fraction of sp³-hybridized carbons (Fsp3) is 0.350. The Kier molecular flexibility index (Phi) is 5.61. The van der Waals surface area contributed by atoms with Crippen molar-refractivity contribution in [3.05, 3.63) is 59.7 Å². The number of halogens is 3. The van der Waals surface area contributed by atoms with Crippen LogP contribution < -0.4 is 10.6 Å². The molecule has 0 saturated heterocycles. The van der Waals surface area contributed by atoms with Crippen molar-refractivity contribution in [2.24, 2.45) is 0 Å². The van der Waals surface area contributed by atoms with Crippen LogP contribution in [-0.4, -0.2) is 23.9 Å². The number of carbonyl (C=O) groups is 1.